The number of fused-ring (bicyclic) bond motifs is 3. The Balaban J connectivity index is 1.94. The summed E-state index contributed by atoms with van der Waals surface area (Å²) in [5.74, 6) is 2.62. The van der Waals surface area contributed by atoms with Crippen LogP contribution >= 0.6 is 0 Å². The van der Waals surface area contributed by atoms with Crippen molar-refractivity contribution in [3.8, 4) is 5.75 Å². The summed E-state index contributed by atoms with van der Waals surface area (Å²) in [5.41, 5.74) is 2.90. The molecule has 1 aromatic rings. The third kappa shape index (κ3) is 1.86. The second-order valence-electron chi connectivity index (χ2n) is 5.25. The SMILES string of the molecule is COc1ccc2c(c1)CC[C@@H]1CC(=O)CC[C@@H]21. The summed E-state index contributed by atoms with van der Waals surface area (Å²) >= 11 is 0. The highest BCUT2D eigenvalue weighted by Crippen LogP contribution is 2.44. The molecule has 0 N–H and O–H groups in total. The molecule has 0 bridgehead atoms. The molecular weight excluding hydrogens is 212 g/mol. The Morgan fingerprint density at radius 1 is 1.24 bits per heavy atom. The lowest BCUT2D eigenvalue weighted by molar-refractivity contribution is -0.122. The van der Waals surface area contributed by atoms with Gasteiger partial charge in [-0.1, -0.05) is 6.07 Å². The Labute approximate surface area is 102 Å². The third-order valence-electron chi connectivity index (χ3n) is 4.33. The summed E-state index contributed by atoms with van der Waals surface area (Å²) in [6, 6.07) is 6.43. The average molecular weight is 230 g/mol. The van der Waals surface area contributed by atoms with E-state index in [9.17, 15) is 4.79 Å². The van der Waals surface area contributed by atoms with E-state index in [1.54, 1.807) is 7.11 Å². The van der Waals surface area contributed by atoms with Crippen LogP contribution in [0.1, 0.15) is 42.7 Å². The molecule has 1 saturated carbocycles. The quantitative estimate of drug-likeness (QED) is 0.741. The number of carbonyl (C=O) groups excluding carboxylic acids is 1. The molecule has 2 atom stereocenters. The number of benzene rings is 1. The number of aryl methyl sites for hydroxylation is 1. The van der Waals surface area contributed by atoms with Gasteiger partial charge in [-0.15, -0.1) is 0 Å². The van der Waals surface area contributed by atoms with E-state index >= 15 is 0 Å². The van der Waals surface area contributed by atoms with E-state index in [1.807, 2.05) is 0 Å². The van der Waals surface area contributed by atoms with Crippen LogP contribution in [0.25, 0.3) is 0 Å². The smallest absolute Gasteiger partial charge is 0.133 e. The third-order valence-corrected chi connectivity index (χ3v) is 4.33. The van der Waals surface area contributed by atoms with Crippen LogP contribution in [-0.2, 0) is 11.2 Å². The zero-order chi connectivity index (χ0) is 11.8. The van der Waals surface area contributed by atoms with Crippen molar-refractivity contribution in [3.63, 3.8) is 0 Å². The molecule has 2 aliphatic rings. The minimum Gasteiger partial charge on any atom is -0.497 e. The zero-order valence-corrected chi connectivity index (χ0v) is 10.2. The fraction of sp³-hybridized carbons (Fsp3) is 0.533. The second kappa shape index (κ2) is 4.17. The second-order valence-corrected chi connectivity index (χ2v) is 5.25. The molecule has 0 aliphatic heterocycles. The molecule has 0 amide bonds. The maximum Gasteiger partial charge on any atom is 0.133 e. The van der Waals surface area contributed by atoms with Crippen molar-refractivity contribution in [2.24, 2.45) is 5.92 Å². The van der Waals surface area contributed by atoms with Gasteiger partial charge in [-0.2, -0.15) is 0 Å². The van der Waals surface area contributed by atoms with Crippen molar-refractivity contribution in [2.45, 2.75) is 38.0 Å². The maximum atomic E-state index is 11.5. The molecule has 2 nitrogen and oxygen atoms in total. The van der Waals surface area contributed by atoms with Crippen LogP contribution in [0, 0.1) is 5.92 Å². The van der Waals surface area contributed by atoms with Gasteiger partial charge in [0.05, 0.1) is 7.11 Å². The van der Waals surface area contributed by atoms with Gasteiger partial charge < -0.3 is 4.74 Å². The number of hydrogen-bond acceptors (Lipinski definition) is 2. The first-order valence-corrected chi connectivity index (χ1v) is 6.46. The molecule has 17 heavy (non-hydrogen) atoms. The van der Waals surface area contributed by atoms with E-state index in [0.29, 0.717) is 17.6 Å². The lowest BCUT2D eigenvalue weighted by atomic mass is 9.68. The van der Waals surface area contributed by atoms with Crippen LogP contribution in [0.2, 0.25) is 0 Å². The molecule has 3 rings (SSSR count). The predicted octanol–water partition coefficient (Wildman–Crippen LogP) is 3.09. The molecular formula is C15H18O2. The van der Waals surface area contributed by atoms with Gasteiger partial charge in [-0.05, 0) is 54.4 Å². The minimum atomic E-state index is 0.461. The highest BCUT2D eigenvalue weighted by Gasteiger charge is 2.34. The van der Waals surface area contributed by atoms with Crippen molar-refractivity contribution < 1.29 is 9.53 Å². The fourth-order valence-corrected chi connectivity index (χ4v) is 3.43. The van der Waals surface area contributed by atoms with E-state index < -0.39 is 0 Å². The van der Waals surface area contributed by atoms with Gasteiger partial charge in [0.2, 0.25) is 0 Å². The van der Waals surface area contributed by atoms with E-state index in [4.69, 9.17) is 4.74 Å². The molecule has 2 heteroatoms. The van der Waals surface area contributed by atoms with Gasteiger partial charge in [-0.25, -0.2) is 0 Å². The Bertz CT molecular complexity index is 450. The molecule has 0 heterocycles. The largest absolute Gasteiger partial charge is 0.497 e. The highest BCUT2D eigenvalue weighted by molar-refractivity contribution is 5.79. The zero-order valence-electron chi connectivity index (χ0n) is 10.2. The van der Waals surface area contributed by atoms with Crippen LogP contribution in [-0.4, -0.2) is 12.9 Å². The van der Waals surface area contributed by atoms with Gasteiger partial charge in [0.15, 0.2) is 0 Å². The number of Topliss-reactive ketones (excluding diaryl/α,β-unsaturated/α-hetero) is 1. The Morgan fingerprint density at radius 2 is 2.12 bits per heavy atom. The Kier molecular flexibility index (Phi) is 2.65. The highest BCUT2D eigenvalue weighted by atomic mass is 16.5. The number of ether oxygens (including phenoxy) is 1. The summed E-state index contributed by atoms with van der Waals surface area (Å²) < 4.78 is 5.28. The number of rotatable bonds is 1. The van der Waals surface area contributed by atoms with E-state index in [0.717, 1.165) is 37.9 Å². The summed E-state index contributed by atoms with van der Waals surface area (Å²) in [7, 11) is 1.71. The standard InChI is InChI=1S/C15H18O2/c1-17-13-5-7-15-11(9-13)3-2-10-8-12(16)4-6-14(10)15/h5,7,9-10,14H,2-4,6,8H2,1H3/t10-,14-/m1/s1. The number of hydrogen-bond donors (Lipinski definition) is 0. The minimum absolute atomic E-state index is 0.461. The van der Waals surface area contributed by atoms with Crippen molar-refractivity contribution in [2.75, 3.05) is 7.11 Å². The number of carbonyl (C=O) groups is 1. The van der Waals surface area contributed by atoms with Crippen molar-refractivity contribution >= 4 is 5.78 Å². The van der Waals surface area contributed by atoms with Crippen LogP contribution in [0.5, 0.6) is 5.75 Å². The van der Waals surface area contributed by atoms with Gasteiger partial charge in [0.1, 0.15) is 11.5 Å². The monoisotopic (exact) mass is 230 g/mol. The normalized spacial score (nSPS) is 27.2. The number of ketones is 1. The maximum absolute atomic E-state index is 11.5. The molecule has 2 aliphatic carbocycles. The van der Waals surface area contributed by atoms with Crippen LogP contribution in [0.4, 0.5) is 0 Å². The number of methoxy groups -OCH3 is 1. The fourth-order valence-electron chi connectivity index (χ4n) is 3.43. The van der Waals surface area contributed by atoms with Gasteiger partial charge in [0, 0.05) is 12.8 Å². The first-order chi connectivity index (χ1) is 8.28. The molecule has 0 aromatic heterocycles. The lowest BCUT2D eigenvalue weighted by Crippen LogP contribution is -2.28. The molecule has 1 aromatic carbocycles. The van der Waals surface area contributed by atoms with Gasteiger partial charge >= 0.3 is 0 Å². The average Bonchev–Trinajstić information content (AvgIpc) is 2.37. The molecule has 1 fully saturated rings. The Morgan fingerprint density at radius 3 is 2.94 bits per heavy atom. The van der Waals surface area contributed by atoms with Crippen molar-refractivity contribution in [1.82, 2.24) is 0 Å². The van der Waals surface area contributed by atoms with Crippen LogP contribution in [0.15, 0.2) is 18.2 Å². The van der Waals surface area contributed by atoms with Crippen LogP contribution in [0.3, 0.4) is 0 Å². The van der Waals surface area contributed by atoms with E-state index in [-0.39, 0.29) is 0 Å². The van der Waals surface area contributed by atoms with E-state index in [2.05, 4.69) is 18.2 Å². The molecule has 0 unspecified atom stereocenters. The summed E-state index contributed by atoms with van der Waals surface area (Å²) in [4.78, 5) is 11.5. The summed E-state index contributed by atoms with van der Waals surface area (Å²) in [6.45, 7) is 0. The molecule has 0 radical (unpaired) electrons. The first-order valence-electron chi connectivity index (χ1n) is 6.46. The molecule has 90 valence electrons. The molecule has 0 saturated heterocycles. The summed E-state index contributed by atoms with van der Waals surface area (Å²) in [6.07, 6.45) is 4.88. The first kappa shape index (κ1) is 10.8. The van der Waals surface area contributed by atoms with Gasteiger partial charge in [-0.3, -0.25) is 4.79 Å². The topological polar surface area (TPSA) is 26.3 Å². The summed E-state index contributed by atoms with van der Waals surface area (Å²) in [5, 5.41) is 0. The van der Waals surface area contributed by atoms with E-state index in [1.165, 1.54) is 11.1 Å². The predicted molar refractivity (Wildman–Crippen MR) is 66.4 cm³/mol. The lowest BCUT2D eigenvalue weighted by Gasteiger charge is -2.36. The van der Waals surface area contributed by atoms with Crippen molar-refractivity contribution in [3.05, 3.63) is 29.3 Å². The van der Waals surface area contributed by atoms with Crippen molar-refractivity contribution in [1.29, 1.82) is 0 Å². The van der Waals surface area contributed by atoms with Crippen LogP contribution < -0.4 is 4.74 Å². The molecule has 0 spiro atoms. The Hall–Kier alpha value is -1.31. The van der Waals surface area contributed by atoms with Gasteiger partial charge in [0.25, 0.3) is 0 Å².